The van der Waals surface area contributed by atoms with E-state index in [-0.39, 0.29) is 29.4 Å². The molecular weight excluding hydrogens is 356 g/mol. The molecule has 0 amide bonds. The predicted octanol–water partition coefficient (Wildman–Crippen LogP) is 3.48. The molecule has 1 aliphatic rings. The summed E-state index contributed by atoms with van der Waals surface area (Å²) < 4.78 is 16.2. The summed E-state index contributed by atoms with van der Waals surface area (Å²) in [7, 11) is 1.57. The maximum atomic E-state index is 12.9. The van der Waals surface area contributed by atoms with Crippen molar-refractivity contribution in [1.29, 1.82) is 5.26 Å². The monoisotopic (exact) mass is 376 g/mol. The third-order valence-electron chi connectivity index (χ3n) is 4.40. The number of esters is 1. The van der Waals surface area contributed by atoms with Crippen molar-refractivity contribution in [3.8, 4) is 11.8 Å². The fourth-order valence-electron chi connectivity index (χ4n) is 3.11. The van der Waals surface area contributed by atoms with E-state index < -0.39 is 11.9 Å². The van der Waals surface area contributed by atoms with Gasteiger partial charge in [-0.2, -0.15) is 5.26 Å². The van der Waals surface area contributed by atoms with Gasteiger partial charge in [0.15, 0.2) is 0 Å². The molecule has 2 aromatic carbocycles. The van der Waals surface area contributed by atoms with Gasteiger partial charge in [-0.25, -0.2) is 4.79 Å². The summed E-state index contributed by atoms with van der Waals surface area (Å²) in [4.78, 5) is 12.9. The van der Waals surface area contributed by atoms with E-state index in [2.05, 4.69) is 6.07 Å². The Morgan fingerprint density at radius 1 is 1.18 bits per heavy atom. The number of allylic oxidation sites excluding steroid dienone is 1. The number of benzene rings is 2. The second-order valence-electron chi connectivity index (χ2n) is 6.03. The molecule has 0 spiro atoms. The van der Waals surface area contributed by atoms with E-state index in [9.17, 15) is 10.1 Å². The quantitative estimate of drug-likeness (QED) is 0.803. The van der Waals surface area contributed by atoms with Crippen molar-refractivity contribution in [1.82, 2.24) is 0 Å². The number of carbonyl (C=O) groups is 1. The van der Waals surface area contributed by atoms with E-state index >= 15 is 0 Å². The van der Waals surface area contributed by atoms with Crippen molar-refractivity contribution in [2.45, 2.75) is 12.8 Å². The molecule has 0 saturated carbocycles. The first kappa shape index (κ1) is 19.1. The van der Waals surface area contributed by atoms with Crippen LogP contribution in [0.5, 0.6) is 5.75 Å². The Kier molecular flexibility index (Phi) is 5.66. The summed E-state index contributed by atoms with van der Waals surface area (Å²) in [5, 5.41) is 9.69. The molecule has 6 nitrogen and oxygen atoms in total. The maximum absolute atomic E-state index is 12.9. The molecule has 28 heavy (non-hydrogen) atoms. The molecule has 0 aliphatic carbocycles. The summed E-state index contributed by atoms with van der Waals surface area (Å²) in [5.41, 5.74) is 7.85. The highest BCUT2D eigenvalue weighted by molar-refractivity contribution is 5.99. The van der Waals surface area contributed by atoms with Gasteiger partial charge in [0.05, 0.1) is 25.2 Å². The lowest BCUT2D eigenvalue weighted by atomic mass is 9.82. The molecule has 0 fully saturated rings. The lowest BCUT2D eigenvalue weighted by Gasteiger charge is -2.28. The lowest BCUT2D eigenvalue weighted by Crippen LogP contribution is -2.25. The van der Waals surface area contributed by atoms with Crippen LogP contribution in [-0.2, 0) is 14.3 Å². The van der Waals surface area contributed by atoms with Crippen LogP contribution in [0.2, 0.25) is 0 Å². The molecule has 0 saturated heterocycles. The first-order chi connectivity index (χ1) is 13.6. The van der Waals surface area contributed by atoms with Crippen LogP contribution >= 0.6 is 0 Å². The summed E-state index contributed by atoms with van der Waals surface area (Å²) in [5.74, 6) is -0.334. The Bertz CT molecular complexity index is 970. The minimum Gasteiger partial charge on any atom is -0.497 e. The molecule has 6 heteroatoms. The molecule has 0 radical (unpaired) electrons. The Morgan fingerprint density at radius 3 is 2.43 bits per heavy atom. The van der Waals surface area contributed by atoms with Crippen molar-refractivity contribution >= 4 is 11.7 Å². The van der Waals surface area contributed by atoms with Gasteiger partial charge in [0, 0.05) is 5.56 Å². The van der Waals surface area contributed by atoms with E-state index in [1.165, 1.54) is 0 Å². The number of hydrogen-bond acceptors (Lipinski definition) is 6. The highest BCUT2D eigenvalue weighted by atomic mass is 16.5. The smallest absolute Gasteiger partial charge is 0.338 e. The Labute approximate surface area is 163 Å². The van der Waals surface area contributed by atoms with Gasteiger partial charge in [0.2, 0.25) is 5.88 Å². The van der Waals surface area contributed by atoms with Crippen molar-refractivity contribution in [3.63, 3.8) is 0 Å². The number of carbonyl (C=O) groups excluding carboxylic acids is 1. The molecule has 0 bridgehead atoms. The zero-order chi connectivity index (χ0) is 20.1. The highest BCUT2D eigenvalue weighted by Crippen LogP contribution is 2.42. The number of ether oxygens (including phenoxy) is 3. The van der Waals surface area contributed by atoms with Crippen molar-refractivity contribution in [2.24, 2.45) is 5.73 Å². The Hall–Kier alpha value is -3.72. The van der Waals surface area contributed by atoms with Gasteiger partial charge in [-0.1, -0.05) is 30.3 Å². The number of nitrogens with zero attached hydrogens (tertiary/aromatic N) is 1. The number of nitrogens with two attached hydrogens (primary N) is 1. The van der Waals surface area contributed by atoms with Crippen LogP contribution in [-0.4, -0.2) is 19.7 Å². The fraction of sp³-hybridized carbons (Fsp3) is 0.182. The molecule has 1 aliphatic heterocycles. The van der Waals surface area contributed by atoms with Crippen molar-refractivity contribution < 1.29 is 19.0 Å². The number of nitriles is 1. The first-order valence-electron chi connectivity index (χ1n) is 8.79. The van der Waals surface area contributed by atoms with Gasteiger partial charge in [0.25, 0.3) is 0 Å². The normalized spacial score (nSPS) is 16.2. The second-order valence-corrected chi connectivity index (χ2v) is 6.03. The van der Waals surface area contributed by atoms with E-state index in [0.29, 0.717) is 11.3 Å². The van der Waals surface area contributed by atoms with Gasteiger partial charge in [0.1, 0.15) is 23.2 Å². The fourth-order valence-corrected chi connectivity index (χ4v) is 3.11. The average molecular weight is 376 g/mol. The topological polar surface area (TPSA) is 94.6 Å². The second kappa shape index (κ2) is 8.31. The van der Waals surface area contributed by atoms with Gasteiger partial charge >= 0.3 is 5.97 Å². The number of methoxy groups -OCH3 is 1. The SMILES string of the molecule is CCOC(=O)C1=C(c2ccc(OC)cc2)OC(N)=C(C#N)C1c1ccccc1. The predicted molar refractivity (Wildman–Crippen MR) is 104 cm³/mol. The summed E-state index contributed by atoms with van der Waals surface area (Å²) in [6.45, 7) is 1.92. The van der Waals surface area contributed by atoms with Crippen LogP contribution in [0.15, 0.2) is 71.6 Å². The van der Waals surface area contributed by atoms with Crippen LogP contribution in [0.25, 0.3) is 5.76 Å². The first-order valence-corrected chi connectivity index (χ1v) is 8.79. The van der Waals surface area contributed by atoms with Crippen LogP contribution in [0, 0.1) is 11.3 Å². The molecule has 1 atom stereocenters. The third-order valence-corrected chi connectivity index (χ3v) is 4.40. The lowest BCUT2D eigenvalue weighted by molar-refractivity contribution is -0.138. The molecule has 2 N–H and O–H groups in total. The Morgan fingerprint density at radius 2 is 1.86 bits per heavy atom. The van der Waals surface area contributed by atoms with Gasteiger partial charge in [-0.3, -0.25) is 0 Å². The molecular formula is C22H20N2O4. The van der Waals surface area contributed by atoms with Crippen molar-refractivity contribution in [3.05, 3.63) is 82.8 Å². The molecule has 142 valence electrons. The third kappa shape index (κ3) is 3.55. The van der Waals surface area contributed by atoms with Crippen LogP contribution < -0.4 is 10.5 Å². The zero-order valence-corrected chi connectivity index (χ0v) is 15.6. The molecule has 1 unspecified atom stereocenters. The largest absolute Gasteiger partial charge is 0.497 e. The van der Waals surface area contributed by atoms with E-state index in [1.54, 1.807) is 38.3 Å². The highest BCUT2D eigenvalue weighted by Gasteiger charge is 2.38. The van der Waals surface area contributed by atoms with Crippen LogP contribution in [0.4, 0.5) is 0 Å². The minimum absolute atomic E-state index is 0.0322. The average Bonchev–Trinajstić information content (AvgIpc) is 2.73. The summed E-state index contributed by atoms with van der Waals surface area (Å²) >= 11 is 0. The molecule has 2 aromatic rings. The molecule has 1 heterocycles. The number of rotatable bonds is 5. The van der Waals surface area contributed by atoms with Crippen molar-refractivity contribution in [2.75, 3.05) is 13.7 Å². The minimum atomic E-state index is -0.684. The van der Waals surface area contributed by atoms with E-state index in [1.807, 2.05) is 30.3 Å². The van der Waals surface area contributed by atoms with E-state index in [0.717, 1.165) is 5.56 Å². The summed E-state index contributed by atoms with van der Waals surface area (Å²) in [6, 6.07) is 18.3. The number of hydrogen-bond donors (Lipinski definition) is 1. The van der Waals surface area contributed by atoms with Gasteiger partial charge in [-0.15, -0.1) is 0 Å². The van der Waals surface area contributed by atoms with E-state index in [4.69, 9.17) is 19.9 Å². The summed E-state index contributed by atoms with van der Waals surface area (Å²) in [6.07, 6.45) is 0. The zero-order valence-electron chi connectivity index (χ0n) is 15.6. The van der Waals surface area contributed by atoms with Gasteiger partial charge < -0.3 is 19.9 Å². The van der Waals surface area contributed by atoms with Crippen LogP contribution in [0.3, 0.4) is 0 Å². The molecule has 0 aromatic heterocycles. The molecule has 3 rings (SSSR count). The van der Waals surface area contributed by atoms with Gasteiger partial charge in [-0.05, 0) is 36.8 Å². The maximum Gasteiger partial charge on any atom is 0.338 e. The van der Waals surface area contributed by atoms with Crippen LogP contribution in [0.1, 0.15) is 24.0 Å². The Balaban J connectivity index is 2.24. The standard InChI is InChI=1S/C22H20N2O4/c1-3-27-22(25)19-18(14-7-5-4-6-8-14)17(13-23)21(24)28-20(19)15-9-11-16(26-2)12-10-15/h4-12,18H,3,24H2,1-2H3.